The number of carboxylic acid groups (broad SMARTS) is 1. The van der Waals surface area contributed by atoms with Gasteiger partial charge in [-0.15, -0.1) is 0 Å². The SMILES string of the molecule is COC(CN)C(=O)NCC1(C(=O)O)CCCCCC1. The van der Waals surface area contributed by atoms with Crippen LogP contribution in [0.15, 0.2) is 0 Å². The van der Waals surface area contributed by atoms with E-state index in [0.717, 1.165) is 25.7 Å². The molecule has 1 aliphatic rings. The third-order valence-electron chi connectivity index (χ3n) is 3.91. The highest BCUT2D eigenvalue weighted by Gasteiger charge is 2.39. The van der Waals surface area contributed by atoms with E-state index in [4.69, 9.17) is 10.5 Å². The minimum Gasteiger partial charge on any atom is -0.481 e. The first-order valence-corrected chi connectivity index (χ1v) is 6.80. The zero-order chi connectivity index (χ0) is 14.3. The third-order valence-corrected chi connectivity index (χ3v) is 3.91. The smallest absolute Gasteiger partial charge is 0.311 e. The largest absolute Gasteiger partial charge is 0.481 e. The van der Waals surface area contributed by atoms with Gasteiger partial charge in [-0.2, -0.15) is 0 Å². The van der Waals surface area contributed by atoms with Crippen LogP contribution in [0.5, 0.6) is 0 Å². The molecular weight excluding hydrogens is 248 g/mol. The van der Waals surface area contributed by atoms with Crippen molar-refractivity contribution in [3.05, 3.63) is 0 Å². The summed E-state index contributed by atoms with van der Waals surface area (Å²) >= 11 is 0. The van der Waals surface area contributed by atoms with Crippen LogP contribution in [-0.4, -0.2) is 43.3 Å². The number of nitrogens with one attached hydrogen (secondary N) is 1. The van der Waals surface area contributed by atoms with E-state index in [1.807, 2.05) is 0 Å². The van der Waals surface area contributed by atoms with Gasteiger partial charge in [0, 0.05) is 20.2 Å². The molecule has 19 heavy (non-hydrogen) atoms. The Morgan fingerprint density at radius 1 is 1.32 bits per heavy atom. The van der Waals surface area contributed by atoms with E-state index >= 15 is 0 Å². The number of nitrogens with two attached hydrogens (primary N) is 1. The van der Waals surface area contributed by atoms with Crippen molar-refractivity contribution in [2.24, 2.45) is 11.1 Å². The molecule has 0 saturated heterocycles. The highest BCUT2D eigenvalue weighted by atomic mass is 16.5. The van der Waals surface area contributed by atoms with E-state index in [-0.39, 0.29) is 19.0 Å². The Bertz CT molecular complexity index is 308. The Hall–Kier alpha value is -1.14. The van der Waals surface area contributed by atoms with Gasteiger partial charge in [-0.3, -0.25) is 9.59 Å². The second-order valence-electron chi connectivity index (χ2n) is 5.18. The molecule has 1 saturated carbocycles. The van der Waals surface area contributed by atoms with Crippen LogP contribution in [0.4, 0.5) is 0 Å². The summed E-state index contributed by atoms with van der Waals surface area (Å²) in [4.78, 5) is 23.3. The molecule has 0 spiro atoms. The minimum absolute atomic E-state index is 0.0857. The maximum Gasteiger partial charge on any atom is 0.311 e. The van der Waals surface area contributed by atoms with Gasteiger partial charge < -0.3 is 20.9 Å². The maximum absolute atomic E-state index is 11.8. The molecule has 6 nitrogen and oxygen atoms in total. The summed E-state index contributed by atoms with van der Waals surface area (Å²) in [7, 11) is 1.41. The van der Waals surface area contributed by atoms with Crippen LogP contribution in [0.1, 0.15) is 38.5 Å². The van der Waals surface area contributed by atoms with Crippen molar-refractivity contribution in [2.45, 2.75) is 44.6 Å². The zero-order valence-electron chi connectivity index (χ0n) is 11.5. The monoisotopic (exact) mass is 272 g/mol. The van der Waals surface area contributed by atoms with Crippen molar-refractivity contribution < 1.29 is 19.4 Å². The van der Waals surface area contributed by atoms with E-state index in [1.54, 1.807) is 0 Å². The Kier molecular flexibility index (Phi) is 6.24. The van der Waals surface area contributed by atoms with E-state index in [1.165, 1.54) is 7.11 Å². The van der Waals surface area contributed by atoms with Crippen LogP contribution in [0.3, 0.4) is 0 Å². The van der Waals surface area contributed by atoms with Gasteiger partial charge >= 0.3 is 5.97 Å². The van der Waals surface area contributed by atoms with Crippen molar-refractivity contribution in [1.29, 1.82) is 0 Å². The topological polar surface area (TPSA) is 102 Å². The highest BCUT2D eigenvalue weighted by Crippen LogP contribution is 2.34. The van der Waals surface area contributed by atoms with Crippen LogP contribution in [0.2, 0.25) is 0 Å². The molecular formula is C13H24N2O4. The van der Waals surface area contributed by atoms with Gasteiger partial charge in [-0.05, 0) is 12.8 Å². The summed E-state index contributed by atoms with van der Waals surface area (Å²) in [5.41, 5.74) is 4.57. The van der Waals surface area contributed by atoms with Crippen molar-refractivity contribution in [3.63, 3.8) is 0 Å². The summed E-state index contributed by atoms with van der Waals surface area (Å²) in [5, 5.41) is 12.2. The molecule has 1 aliphatic carbocycles. The van der Waals surface area contributed by atoms with E-state index in [9.17, 15) is 14.7 Å². The molecule has 0 heterocycles. The first-order chi connectivity index (χ1) is 9.05. The normalized spacial score (nSPS) is 20.3. The average molecular weight is 272 g/mol. The fourth-order valence-corrected chi connectivity index (χ4v) is 2.55. The molecule has 110 valence electrons. The molecule has 0 bridgehead atoms. The Labute approximate surface area is 113 Å². The Balaban J connectivity index is 2.63. The van der Waals surface area contributed by atoms with E-state index in [2.05, 4.69) is 5.32 Å². The van der Waals surface area contributed by atoms with Crippen LogP contribution in [0.25, 0.3) is 0 Å². The predicted molar refractivity (Wildman–Crippen MR) is 70.6 cm³/mol. The molecule has 1 rings (SSSR count). The van der Waals surface area contributed by atoms with Crippen LogP contribution >= 0.6 is 0 Å². The van der Waals surface area contributed by atoms with Crippen LogP contribution < -0.4 is 11.1 Å². The highest BCUT2D eigenvalue weighted by molar-refractivity contribution is 5.82. The number of hydrogen-bond acceptors (Lipinski definition) is 4. The Morgan fingerprint density at radius 2 is 1.89 bits per heavy atom. The lowest BCUT2D eigenvalue weighted by atomic mass is 9.80. The van der Waals surface area contributed by atoms with E-state index in [0.29, 0.717) is 12.8 Å². The second-order valence-corrected chi connectivity index (χ2v) is 5.18. The zero-order valence-corrected chi connectivity index (χ0v) is 11.5. The average Bonchev–Trinajstić information content (AvgIpc) is 2.64. The van der Waals surface area contributed by atoms with Crippen LogP contribution in [-0.2, 0) is 14.3 Å². The van der Waals surface area contributed by atoms with Gasteiger partial charge in [-0.1, -0.05) is 25.7 Å². The summed E-state index contributed by atoms with van der Waals surface area (Å²) < 4.78 is 4.93. The van der Waals surface area contributed by atoms with Gasteiger partial charge in [0.2, 0.25) is 5.91 Å². The standard InChI is InChI=1S/C13H24N2O4/c1-19-10(8-14)11(16)15-9-13(12(17)18)6-4-2-3-5-7-13/h10H,2-9,14H2,1H3,(H,15,16)(H,17,18). The number of carbonyl (C=O) groups is 2. The third kappa shape index (κ3) is 4.18. The predicted octanol–water partition coefficient (Wildman–Crippen LogP) is 0.502. The number of methoxy groups -OCH3 is 1. The van der Waals surface area contributed by atoms with E-state index < -0.39 is 17.5 Å². The maximum atomic E-state index is 11.8. The molecule has 1 atom stereocenters. The fourth-order valence-electron chi connectivity index (χ4n) is 2.55. The first-order valence-electron chi connectivity index (χ1n) is 6.80. The number of rotatable bonds is 6. The van der Waals surface area contributed by atoms with Gasteiger partial charge in [0.15, 0.2) is 0 Å². The van der Waals surface area contributed by atoms with Crippen molar-refractivity contribution >= 4 is 11.9 Å². The molecule has 1 unspecified atom stereocenters. The first kappa shape index (κ1) is 15.9. The molecule has 0 radical (unpaired) electrons. The lowest BCUT2D eigenvalue weighted by Gasteiger charge is -2.28. The lowest BCUT2D eigenvalue weighted by Crippen LogP contribution is -2.47. The van der Waals surface area contributed by atoms with Crippen molar-refractivity contribution in [3.8, 4) is 0 Å². The summed E-state index contributed by atoms with van der Waals surface area (Å²) in [6, 6.07) is 0. The van der Waals surface area contributed by atoms with Crippen LogP contribution in [0, 0.1) is 5.41 Å². The number of carbonyl (C=O) groups excluding carboxylic acids is 1. The second kappa shape index (κ2) is 7.45. The molecule has 0 aliphatic heterocycles. The lowest BCUT2D eigenvalue weighted by molar-refractivity contribution is -0.150. The molecule has 4 N–H and O–H groups in total. The summed E-state index contributed by atoms with van der Waals surface area (Å²) in [6.45, 7) is 0.240. The molecule has 0 aromatic rings. The van der Waals surface area contributed by atoms with Gasteiger partial charge in [0.1, 0.15) is 6.10 Å². The number of amides is 1. The van der Waals surface area contributed by atoms with Crippen molar-refractivity contribution in [2.75, 3.05) is 20.2 Å². The minimum atomic E-state index is -0.834. The summed E-state index contributed by atoms with van der Waals surface area (Å²) in [6.07, 6.45) is 4.43. The molecule has 1 fully saturated rings. The quantitative estimate of drug-likeness (QED) is 0.611. The van der Waals surface area contributed by atoms with Gasteiger partial charge in [0.05, 0.1) is 5.41 Å². The number of ether oxygens (including phenoxy) is 1. The number of aliphatic carboxylic acids is 1. The summed E-state index contributed by atoms with van der Waals surface area (Å²) in [5.74, 6) is -1.16. The molecule has 6 heteroatoms. The number of hydrogen-bond donors (Lipinski definition) is 3. The molecule has 0 aromatic carbocycles. The fraction of sp³-hybridized carbons (Fsp3) is 0.846. The molecule has 0 aromatic heterocycles. The Morgan fingerprint density at radius 3 is 2.32 bits per heavy atom. The van der Waals surface area contributed by atoms with Gasteiger partial charge in [-0.25, -0.2) is 0 Å². The van der Waals surface area contributed by atoms with Crippen molar-refractivity contribution in [1.82, 2.24) is 5.32 Å². The van der Waals surface area contributed by atoms with Gasteiger partial charge in [0.25, 0.3) is 0 Å². The number of carboxylic acids is 1. The molecule has 1 amide bonds.